The molecular formula is C14H20N2O. The summed E-state index contributed by atoms with van der Waals surface area (Å²) in [6.07, 6.45) is 1.88. The molecule has 0 saturated carbocycles. The van der Waals surface area contributed by atoms with E-state index in [1.165, 1.54) is 5.56 Å². The third kappa shape index (κ3) is 3.07. The number of aromatic nitrogens is 1. The molecule has 0 atom stereocenters. The Morgan fingerprint density at radius 1 is 1.35 bits per heavy atom. The van der Waals surface area contributed by atoms with Gasteiger partial charge in [0.2, 0.25) is 0 Å². The van der Waals surface area contributed by atoms with Crippen LogP contribution < -0.4 is 5.32 Å². The Bertz CT molecular complexity index is 488. The number of nitrogens with zero attached hydrogens (tertiary/aromatic N) is 1. The minimum atomic E-state index is 0.506. The van der Waals surface area contributed by atoms with Gasteiger partial charge in [0.15, 0.2) is 11.5 Å². The SMILES string of the molecule is CCc1ccc2oc(CCNC(C)C)nc2c1. The summed E-state index contributed by atoms with van der Waals surface area (Å²) in [6, 6.07) is 6.73. The Kier molecular flexibility index (Phi) is 3.79. The topological polar surface area (TPSA) is 38.1 Å². The van der Waals surface area contributed by atoms with E-state index >= 15 is 0 Å². The highest BCUT2D eigenvalue weighted by Gasteiger charge is 2.06. The van der Waals surface area contributed by atoms with Crippen molar-refractivity contribution in [2.45, 2.75) is 39.7 Å². The summed E-state index contributed by atoms with van der Waals surface area (Å²) < 4.78 is 5.70. The summed E-state index contributed by atoms with van der Waals surface area (Å²) in [5.74, 6) is 0.821. The van der Waals surface area contributed by atoms with Gasteiger partial charge in [-0.15, -0.1) is 0 Å². The molecule has 0 amide bonds. The first-order valence-electron chi connectivity index (χ1n) is 6.30. The van der Waals surface area contributed by atoms with Crippen molar-refractivity contribution in [3.05, 3.63) is 29.7 Å². The second-order valence-corrected chi connectivity index (χ2v) is 4.62. The highest BCUT2D eigenvalue weighted by Crippen LogP contribution is 2.17. The van der Waals surface area contributed by atoms with Gasteiger partial charge in [-0.3, -0.25) is 0 Å². The maximum absolute atomic E-state index is 5.70. The fourth-order valence-electron chi connectivity index (χ4n) is 1.82. The molecule has 92 valence electrons. The average molecular weight is 232 g/mol. The molecule has 1 aromatic heterocycles. The number of nitrogens with one attached hydrogen (secondary N) is 1. The van der Waals surface area contributed by atoms with E-state index in [1.807, 2.05) is 6.07 Å². The lowest BCUT2D eigenvalue weighted by atomic mass is 10.1. The Morgan fingerprint density at radius 3 is 2.88 bits per heavy atom. The van der Waals surface area contributed by atoms with Crippen LogP contribution in [0.5, 0.6) is 0 Å². The summed E-state index contributed by atoms with van der Waals surface area (Å²) >= 11 is 0. The van der Waals surface area contributed by atoms with E-state index in [4.69, 9.17) is 4.42 Å². The van der Waals surface area contributed by atoms with Crippen LogP contribution in [0.15, 0.2) is 22.6 Å². The standard InChI is InChI=1S/C14H20N2O/c1-4-11-5-6-13-12(9-11)16-14(17-13)7-8-15-10(2)3/h5-6,9-10,15H,4,7-8H2,1-3H3. The molecule has 0 fully saturated rings. The largest absolute Gasteiger partial charge is 0.441 e. The summed E-state index contributed by atoms with van der Waals surface area (Å²) in [7, 11) is 0. The molecular weight excluding hydrogens is 212 g/mol. The molecule has 0 aliphatic heterocycles. The summed E-state index contributed by atoms with van der Waals surface area (Å²) in [6.45, 7) is 7.33. The van der Waals surface area contributed by atoms with Crippen LogP contribution in [-0.4, -0.2) is 17.6 Å². The zero-order valence-electron chi connectivity index (χ0n) is 10.8. The van der Waals surface area contributed by atoms with Crippen LogP contribution >= 0.6 is 0 Å². The zero-order chi connectivity index (χ0) is 12.3. The normalized spacial score (nSPS) is 11.5. The van der Waals surface area contributed by atoms with Gasteiger partial charge in [0, 0.05) is 19.0 Å². The number of oxazole rings is 1. The molecule has 0 aliphatic rings. The lowest BCUT2D eigenvalue weighted by Gasteiger charge is -2.04. The Balaban J connectivity index is 2.09. The summed E-state index contributed by atoms with van der Waals surface area (Å²) in [4.78, 5) is 4.51. The van der Waals surface area contributed by atoms with E-state index in [0.29, 0.717) is 6.04 Å². The maximum Gasteiger partial charge on any atom is 0.196 e. The van der Waals surface area contributed by atoms with Gasteiger partial charge in [0.05, 0.1) is 0 Å². The van der Waals surface area contributed by atoms with Crippen LogP contribution in [-0.2, 0) is 12.8 Å². The van der Waals surface area contributed by atoms with Gasteiger partial charge < -0.3 is 9.73 Å². The van der Waals surface area contributed by atoms with Crippen molar-refractivity contribution in [2.24, 2.45) is 0 Å². The van der Waals surface area contributed by atoms with E-state index in [2.05, 4.69) is 43.2 Å². The molecule has 2 aromatic rings. The first-order chi connectivity index (χ1) is 8.19. The van der Waals surface area contributed by atoms with Gasteiger partial charge in [-0.25, -0.2) is 4.98 Å². The van der Waals surface area contributed by atoms with Crippen LogP contribution in [0.3, 0.4) is 0 Å². The third-order valence-electron chi connectivity index (χ3n) is 2.80. The number of hydrogen-bond donors (Lipinski definition) is 1. The molecule has 1 heterocycles. The van der Waals surface area contributed by atoms with Gasteiger partial charge in [-0.2, -0.15) is 0 Å². The fourth-order valence-corrected chi connectivity index (χ4v) is 1.82. The molecule has 17 heavy (non-hydrogen) atoms. The van der Waals surface area contributed by atoms with E-state index in [-0.39, 0.29) is 0 Å². The smallest absolute Gasteiger partial charge is 0.196 e. The third-order valence-corrected chi connectivity index (χ3v) is 2.80. The van der Waals surface area contributed by atoms with Crippen molar-refractivity contribution < 1.29 is 4.42 Å². The van der Waals surface area contributed by atoms with Crippen LogP contribution in [0.1, 0.15) is 32.2 Å². The molecule has 0 aliphatic carbocycles. The summed E-state index contributed by atoms with van der Waals surface area (Å²) in [5, 5.41) is 3.36. The highest BCUT2D eigenvalue weighted by atomic mass is 16.3. The van der Waals surface area contributed by atoms with Crippen molar-refractivity contribution in [3.8, 4) is 0 Å². The van der Waals surface area contributed by atoms with Crippen molar-refractivity contribution >= 4 is 11.1 Å². The second-order valence-electron chi connectivity index (χ2n) is 4.62. The van der Waals surface area contributed by atoms with Crippen molar-refractivity contribution in [1.82, 2.24) is 10.3 Å². The number of rotatable bonds is 5. The maximum atomic E-state index is 5.70. The number of aryl methyl sites for hydroxylation is 1. The first-order valence-corrected chi connectivity index (χ1v) is 6.30. The summed E-state index contributed by atoms with van der Waals surface area (Å²) in [5.41, 5.74) is 3.17. The highest BCUT2D eigenvalue weighted by molar-refractivity contribution is 5.73. The molecule has 3 nitrogen and oxygen atoms in total. The number of fused-ring (bicyclic) bond motifs is 1. The van der Waals surface area contributed by atoms with Gasteiger partial charge >= 0.3 is 0 Å². The lowest BCUT2D eigenvalue weighted by Crippen LogP contribution is -2.24. The number of hydrogen-bond acceptors (Lipinski definition) is 3. The minimum absolute atomic E-state index is 0.506. The predicted octanol–water partition coefficient (Wildman–Crippen LogP) is 2.93. The zero-order valence-corrected chi connectivity index (χ0v) is 10.8. The fraction of sp³-hybridized carbons (Fsp3) is 0.500. The first kappa shape index (κ1) is 12.1. The molecule has 0 saturated heterocycles. The van der Waals surface area contributed by atoms with Gasteiger partial charge in [-0.05, 0) is 24.1 Å². The molecule has 1 N–H and O–H groups in total. The van der Waals surface area contributed by atoms with Crippen molar-refractivity contribution in [2.75, 3.05) is 6.54 Å². The van der Waals surface area contributed by atoms with Crippen LogP contribution in [0.25, 0.3) is 11.1 Å². The van der Waals surface area contributed by atoms with E-state index < -0.39 is 0 Å². The average Bonchev–Trinajstić information content (AvgIpc) is 2.69. The van der Waals surface area contributed by atoms with Crippen molar-refractivity contribution in [1.29, 1.82) is 0 Å². The predicted molar refractivity (Wildman–Crippen MR) is 70.2 cm³/mol. The molecule has 0 spiro atoms. The minimum Gasteiger partial charge on any atom is -0.441 e. The van der Waals surface area contributed by atoms with Gasteiger partial charge in [0.1, 0.15) is 5.52 Å². The molecule has 3 heteroatoms. The van der Waals surface area contributed by atoms with E-state index in [9.17, 15) is 0 Å². The Hall–Kier alpha value is -1.35. The second kappa shape index (κ2) is 5.32. The number of benzene rings is 1. The van der Waals surface area contributed by atoms with Crippen LogP contribution in [0.4, 0.5) is 0 Å². The van der Waals surface area contributed by atoms with Crippen LogP contribution in [0, 0.1) is 0 Å². The Morgan fingerprint density at radius 2 is 2.18 bits per heavy atom. The molecule has 0 bridgehead atoms. The van der Waals surface area contributed by atoms with E-state index in [0.717, 1.165) is 36.4 Å². The molecule has 2 rings (SSSR count). The molecule has 1 aromatic carbocycles. The quantitative estimate of drug-likeness (QED) is 0.861. The van der Waals surface area contributed by atoms with Crippen molar-refractivity contribution in [3.63, 3.8) is 0 Å². The van der Waals surface area contributed by atoms with E-state index in [1.54, 1.807) is 0 Å². The lowest BCUT2D eigenvalue weighted by molar-refractivity contribution is 0.501. The molecule has 0 unspecified atom stereocenters. The Labute approximate surface area is 102 Å². The van der Waals surface area contributed by atoms with Gasteiger partial charge in [-0.1, -0.05) is 26.8 Å². The van der Waals surface area contributed by atoms with Gasteiger partial charge in [0.25, 0.3) is 0 Å². The monoisotopic (exact) mass is 232 g/mol. The molecule has 0 radical (unpaired) electrons. The van der Waals surface area contributed by atoms with Crippen LogP contribution in [0.2, 0.25) is 0 Å².